The highest BCUT2D eigenvalue weighted by Crippen LogP contribution is 2.01. The molecule has 3 heteroatoms. The van der Waals surface area contributed by atoms with Crippen LogP contribution in [0.2, 0.25) is 0 Å². The zero-order valence-electron chi connectivity index (χ0n) is 8.82. The predicted molar refractivity (Wildman–Crippen MR) is 59.4 cm³/mol. The molecule has 0 saturated carbocycles. The van der Waals surface area contributed by atoms with Gasteiger partial charge in [-0.25, -0.2) is 0 Å². The zero-order valence-corrected chi connectivity index (χ0v) is 8.82. The van der Waals surface area contributed by atoms with Crippen LogP contribution in [-0.2, 0) is 16.1 Å². The summed E-state index contributed by atoms with van der Waals surface area (Å²) in [6.07, 6.45) is 1.27. The highest BCUT2D eigenvalue weighted by molar-refractivity contribution is 5.80. The monoisotopic (exact) mass is 207 g/mol. The van der Waals surface area contributed by atoms with Crippen LogP contribution < -0.4 is 5.73 Å². The highest BCUT2D eigenvalue weighted by atomic mass is 16.5. The van der Waals surface area contributed by atoms with E-state index in [4.69, 9.17) is 10.5 Å². The van der Waals surface area contributed by atoms with Crippen molar-refractivity contribution in [2.45, 2.75) is 19.4 Å². The Kier molecular flexibility index (Phi) is 5.66. The number of nitrogens with two attached hydrogens (primary N) is 1. The summed E-state index contributed by atoms with van der Waals surface area (Å²) >= 11 is 0. The molecule has 82 valence electrons. The third kappa shape index (κ3) is 5.30. The summed E-state index contributed by atoms with van der Waals surface area (Å²) < 4.78 is 5.42. The molecule has 0 saturated heterocycles. The van der Waals surface area contributed by atoms with Gasteiger partial charge in [0.1, 0.15) is 5.78 Å². The lowest BCUT2D eigenvalue weighted by Crippen LogP contribution is -2.13. The average molecular weight is 207 g/mol. The van der Waals surface area contributed by atoms with Gasteiger partial charge in [-0.2, -0.15) is 0 Å². The smallest absolute Gasteiger partial charge is 0.146 e. The van der Waals surface area contributed by atoms with Crippen LogP contribution in [0.3, 0.4) is 0 Å². The van der Waals surface area contributed by atoms with E-state index in [0.717, 1.165) is 12.0 Å². The molecule has 1 aromatic carbocycles. The minimum absolute atomic E-state index is 0.0957. The number of Topliss-reactive ketones (excluding diaryl/α,β-unsaturated/α-hetero) is 1. The molecule has 0 radical (unpaired) electrons. The van der Waals surface area contributed by atoms with Crippen molar-refractivity contribution in [3.8, 4) is 0 Å². The van der Waals surface area contributed by atoms with Crippen LogP contribution in [0.5, 0.6) is 0 Å². The first-order valence-electron chi connectivity index (χ1n) is 5.16. The van der Waals surface area contributed by atoms with E-state index in [1.807, 2.05) is 30.3 Å². The lowest BCUT2D eigenvalue weighted by Gasteiger charge is -2.03. The van der Waals surface area contributed by atoms with Crippen LogP contribution in [0.1, 0.15) is 18.4 Å². The van der Waals surface area contributed by atoms with Crippen molar-refractivity contribution in [3.63, 3.8) is 0 Å². The predicted octanol–water partition coefficient (Wildman–Crippen LogP) is 1.51. The number of carbonyl (C=O) groups is 1. The number of hydrogen-bond acceptors (Lipinski definition) is 3. The average Bonchev–Trinajstić information content (AvgIpc) is 2.29. The number of benzene rings is 1. The normalized spacial score (nSPS) is 10.2. The van der Waals surface area contributed by atoms with Crippen molar-refractivity contribution < 1.29 is 9.53 Å². The van der Waals surface area contributed by atoms with E-state index in [0.29, 0.717) is 19.6 Å². The molecule has 1 aromatic rings. The Morgan fingerprint density at radius 1 is 1.27 bits per heavy atom. The number of rotatable bonds is 7. The summed E-state index contributed by atoms with van der Waals surface area (Å²) in [7, 11) is 0. The summed E-state index contributed by atoms with van der Waals surface area (Å²) in [4.78, 5) is 10.9. The summed E-state index contributed by atoms with van der Waals surface area (Å²) in [6, 6.07) is 9.98. The Hall–Kier alpha value is -1.19. The molecule has 0 heterocycles. The molecule has 0 spiro atoms. The molecule has 0 aliphatic carbocycles. The lowest BCUT2D eigenvalue weighted by molar-refractivity contribution is -0.118. The van der Waals surface area contributed by atoms with Crippen LogP contribution in [0.15, 0.2) is 30.3 Å². The molecule has 1 rings (SSSR count). The van der Waals surface area contributed by atoms with Crippen molar-refractivity contribution in [2.75, 3.05) is 13.2 Å². The van der Waals surface area contributed by atoms with Gasteiger partial charge in [-0.15, -0.1) is 0 Å². The van der Waals surface area contributed by atoms with Gasteiger partial charge in [0.25, 0.3) is 0 Å². The van der Waals surface area contributed by atoms with Crippen molar-refractivity contribution in [1.82, 2.24) is 0 Å². The first kappa shape index (κ1) is 11.9. The van der Waals surface area contributed by atoms with Gasteiger partial charge in [-0.1, -0.05) is 30.3 Å². The summed E-state index contributed by atoms with van der Waals surface area (Å²) in [5, 5.41) is 0. The molecule has 3 nitrogen and oxygen atoms in total. The number of carbonyl (C=O) groups excluding carboxylic acids is 1. The standard InChI is InChI=1S/C12H17NO2/c13-9-12(14)7-4-8-15-10-11-5-2-1-3-6-11/h1-3,5-6H,4,7-10,13H2. The Morgan fingerprint density at radius 2 is 2.00 bits per heavy atom. The SMILES string of the molecule is NCC(=O)CCCOCc1ccccc1. The minimum atomic E-state index is 0.0957. The van der Waals surface area contributed by atoms with Crippen molar-refractivity contribution in [1.29, 1.82) is 0 Å². The van der Waals surface area contributed by atoms with E-state index < -0.39 is 0 Å². The first-order chi connectivity index (χ1) is 7.33. The van der Waals surface area contributed by atoms with E-state index >= 15 is 0 Å². The summed E-state index contributed by atoms with van der Waals surface area (Å²) in [6.45, 7) is 1.36. The van der Waals surface area contributed by atoms with Crippen molar-refractivity contribution >= 4 is 5.78 Å². The van der Waals surface area contributed by atoms with E-state index in [1.165, 1.54) is 0 Å². The van der Waals surface area contributed by atoms with E-state index in [9.17, 15) is 4.79 Å². The first-order valence-corrected chi connectivity index (χ1v) is 5.16. The minimum Gasteiger partial charge on any atom is -0.377 e. The Bertz CT molecular complexity index is 285. The second-order valence-corrected chi connectivity index (χ2v) is 3.38. The molecule has 2 N–H and O–H groups in total. The molecule has 0 fully saturated rings. The molecular weight excluding hydrogens is 190 g/mol. The summed E-state index contributed by atoms with van der Waals surface area (Å²) in [5.41, 5.74) is 6.34. The number of ether oxygens (including phenoxy) is 1. The highest BCUT2D eigenvalue weighted by Gasteiger charge is 1.98. The number of hydrogen-bond donors (Lipinski definition) is 1. The fourth-order valence-electron chi connectivity index (χ4n) is 1.24. The Balaban J connectivity index is 2.05. The fraction of sp³-hybridized carbons (Fsp3) is 0.417. The quantitative estimate of drug-likeness (QED) is 0.689. The molecular formula is C12H17NO2. The van der Waals surface area contributed by atoms with E-state index in [-0.39, 0.29) is 12.3 Å². The van der Waals surface area contributed by atoms with Crippen molar-refractivity contribution in [3.05, 3.63) is 35.9 Å². The molecule has 0 aromatic heterocycles. The van der Waals surface area contributed by atoms with Crippen LogP contribution in [0.4, 0.5) is 0 Å². The molecule has 0 atom stereocenters. The lowest BCUT2D eigenvalue weighted by atomic mass is 10.2. The maximum absolute atomic E-state index is 10.9. The van der Waals surface area contributed by atoms with E-state index in [1.54, 1.807) is 0 Å². The molecule has 0 amide bonds. The second-order valence-electron chi connectivity index (χ2n) is 3.38. The largest absolute Gasteiger partial charge is 0.377 e. The van der Waals surface area contributed by atoms with Crippen LogP contribution >= 0.6 is 0 Å². The van der Waals surface area contributed by atoms with Gasteiger partial charge in [0, 0.05) is 13.0 Å². The second kappa shape index (κ2) is 7.15. The van der Waals surface area contributed by atoms with Crippen molar-refractivity contribution in [2.24, 2.45) is 5.73 Å². The zero-order chi connectivity index (χ0) is 10.9. The van der Waals surface area contributed by atoms with Gasteiger partial charge in [0.05, 0.1) is 13.2 Å². The van der Waals surface area contributed by atoms with Crippen LogP contribution in [0.25, 0.3) is 0 Å². The van der Waals surface area contributed by atoms with Crippen LogP contribution in [-0.4, -0.2) is 18.9 Å². The topological polar surface area (TPSA) is 52.3 Å². The molecule has 0 aliphatic rings. The van der Waals surface area contributed by atoms with Gasteiger partial charge >= 0.3 is 0 Å². The molecule has 15 heavy (non-hydrogen) atoms. The van der Waals surface area contributed by atoms with E-state index in [2.05, 4.69) is 0 Å². The number of ketones is 1. The third-order valence-electron chi connectivity index (χ3n) is 2.08. The van der Waals surface area contributed by atoms with Gasteiger partial charge in [-0.3, -0.25) is 4.79 Å². The van der Waals surface area contributed by atoms with Gasteiger partial charge < -0.3 is 10.5 Å². The molecule has 0 bridgehead atoms. The summed E-state index contributed by atoms with van der Waals surface area (Å²) in [5.74, 6) is 0.0957. The Labute approximate surface area is 90.2 Å². The van der Waals surface area contributed by atoms with Crippen LogP contribution in [0, 0.1) is 0 Å². The fourth-order valence-corrected chi connectivity index (χ4v) is 1.24. The Morgan fingerprint density at radius 3 is 2.67 bits per heavy atom. The molecule has 0 aliphatic heterocycles. The maximum Gasteiger partial charge on any atom is 0.146 e. The van der Waals surface area contributed by atoms with Gasteiger partial charge in [0.15, 0.2) is 0 Å². The molecule has 0 unspecified atom stereocenters. The third-order valence-corrected chi connectivity index (χ3v) is 2.08. The van der Waals surface area contributed by atoms with Gasteiger partial charge in [0.2, 0.25) is 0 Å². The maximum atomic E-state index is 10.9. The van der Waals surface area contributed by atoms with Gasteiger partial charge in [-0.05, 0) is 12.0 Å².